The lowest BCUT2D eigenvalue weighted by molar-refractivity contribution is -0.115. The van der Waals surface area contributed by atoms with Crippen LogP contribution in [0, 0.1) is 0 Å². The Labute approximate surface area is 231 Å². The van der Waals surface area contributed by atoms with Crippen molar-refractivity contribution >= 4 is 91.8 Å². The molecule has 4 nitrogen and oxygen atoms in total. The summed E-state index contributed by atoms with van der Waals surface area (Å²) in [4.78, 5) is 17.8. The van der Waals surface area contributed by atoms with Gasteiger partial charge in [0.15, 0.2) is 5.17 Å². The van der Waals surface area contributed by atoms with Crippen LogP contribution in [0.3, 0.4) is 0 Å². The minimum Gasteiger partial charge on any atom is -0.488 e. The number of ether oxygens (including phenoxy) is 1. The summed E-state index contributed by atoms with van der Waals surface area (Å²) in [6, 6.07) is 22.2. The second kappa shape index (κ2) is 10.8. The number of hydrogen-bond acceptors (Lipinski definition) is 4. The van der Waals surface area contributed by atoms with Gasteiger partial charge < -0.3 is 10.1 Å². The Hall–Kier alpha value is -2.67. The van der Waals surface area contributed by atoms with Crippen molar-refractivity contribution < 1.29 is 9.53 Å². The number of amides is 1. The second-order valence-corrected chi connectivity index (χ2v) is 10.4. The van der Waals surface area contributed by atoms with Gasteiger partial charge in [-0.1, -0.05) is 88.9 Å². The maximum Gasteiger partial charge on any atom is 0.264 e. The molecule has 1 heterocycles. The summed E-state index contributed by atoms with van der Waals surface area (Å²) in [5, 5.41) is 6.96. The van der Waals surface area contributed by atoms with E-state index in [-0.39, 0.29) is 12.5 Å². The molecule has 4 aromatic rings. The number of rotatable bonds is 5. The summed E-state index contributed by atoms with van der Waals surface area (Å²) in [6.45, 7) is 0.240. The summed E-state index contributed by atoms with van der Waals surface area (Å²) < 4.78 is 6.17. The fourth-order valence-corrected chi connectivity index (χ4v) is 5.26. The van der Waals surface area contributed by atoms with E-state index in [1.54, 1.807) is 30.3 Å². The zero-order chi connectivity index (χ0) is 25.2. The summed E-state index contributed by atoms with van der Waals surface area (Å²) in [7, 11) is 0. The zero-order valence-electron chi connectivity index (χ0n) is 18.4. The van der Waals surface area contributed by atoms with Gasteiger partial charge in [-0.25, -0.2) is 4.99 Å². The fraction of sp³-hybridized carbons (Fsp3) is 0.0370. The van der Waals surface area contributed by atoms with Crippen LogP contribution >= 0.6 is 58.2 Å². The van der Waals surface area contributed by atoms with E-state index in [1.165, 1.54) is 11.8 Å². The zero-order valence-corrected chi connectivity index (χ0v) is 22.2. The lowest BCUT2D eigenvalue weighted by Crippen LogP contribution is -2.19. The SMILES string of the molecule is O=C1NC(=Nc2cccc(Cl)c2Cl)S/C1=C/c1c(OCc2ccc(Cl)cc2Cl)ccc2ccccc12. The third kappa shape index (κ3) is 5.36. The number of amidine groups is 1. The van der Waals surface area contributed by atoms with Crippen LogP contribution in [-0.4, -0.2) is 11.1 Å². The molecule has 0 unspecified atom stereocenters. The predicted molar refractivity (Wildman–Crippen MR) is 152 cm³/mol. The van der Waals surface area contributed by atoms with E-state index in [2.05, 4.69) is 10.3 Å². The summed E-state index contributed by atoms with van der Waals surface area (Å²) in [5.74, 6) is 0.348. The van der Waals surface area contributed by atoms with Gasteiger partial charge in [0.1, 0.15) is 12.4 Å². The van der Waals surface area contributed by atoms with Gasteiger partial charge in [-0.05, 0) is 58.9 Å². The highest BCUT2D eigenvalue weighted by atomic mass is 35.5. The van der Waals surface area contributed by atoms with Crippen molar-refractivity contribution in [2.45, 2.75) is 6.61 Å². The van der Waals surface area contributed by atoms with Crippen LogP contribution in [0.15, 0.2) is 82.7 Å². The number of hydrogen-bond donors (Lipinski definition) is 1. The number of thioether (sulfide) groups is 1. The summed E-state index contributed by atoms with van der Waals surface area (Å²) >= 11 is 25.9. The van der Waals surface area contributed by atoms with Crippen molar-refractivity contribution in [1.82, 2.24) is 5.32 Å². The van der Waals surface area contributed by atoms with Gasteiger partial charge in [-0.15, -0.1) is 0 Å². The Morgan fingerprint density at radius 1 is 0.917 bits per heavy atom. The molecule has 0 aromatic heterocycles. The third-order valence-electron chi connectivity index (χ3n) is 5.41. The molecule has 1 aliphatic heterocycles. The topological polar surface area (TPSA) is 50.7 Å². The van der Waals surface area contributed by atoms with Gasteiger partial charge in [-0.3, -0.25) is 4.79 Å². The smallest absolute Gasteiger partial charge is 0.264 e. The van der Waals surface area contributed by atoms with Gasteiger partial charge in [0.2, 0.25) is 0 Å². The van der Waals surface area contributed by atoms with Gasteiger partial charge in [-0.2, -0.15) is 0 Å². The van der Waals surface area contributed by atoms with Gasteiger partial charge >= 0.3 is 0 Å². The quantitative estimate of drug-likeness (QED) is 0.242. The average Bonchev–Trinajstić information content (AvgIpc) is 3.20. The van der Waals surface area contributed by atoms with Gasteiger partial charge in [0.05, 0.1) is 20.6 Å². The van der Waals surface area contributed by atoms with E-state index in [9.17, 15) is 4.79 Å². The van der Waals surface area contributed by atoms with E-state index >= 15 is 0 Å². The number of halogens is 4. The number of carbonyl (C=O) groups is 1. The molecular formula is C27H16Cl4N2O2S. The van der Waals surface area contributed by atoms with Crippen LogP contribution in [0.5, 0.6) is 5.75 Å². The van der Waals surface area contributed by atoms with E-state index in [0.717, 1.165) is 21.9 Å². The molecule has 0 saturated carbocycles. The molecule has 0 radical (unpaired) electrons. The highest BCUT2D eigenvalue weighted by Crippen LogP contribution is 2.37. The number of nitrogens with one attached hydrogen (secondary N) is 1. The molecule has 1 amide bonds. The highest BCUT2D eigenvalue weighted by Gasteiger charge is 2.25. The van der Waals surface area contributed by atoms with Crippen LogP contribution in [0.25, 0.3) is 16.8 Å². The molecule has 1 fully saturated rings. The molecule has 1 saturated heterocycles. The standard InChI is InChI=1S/C27H16Cl4N2O2S/c28-17-10-8-16(21(30)12-17)14-35-23-11-9-15-4-1-2-5-18(15)19(23)13-24-26(34)33-27(36-24)32-22-7-3-6-20(29)25(22)31/h1-13H,14H2,(H,32,33,34)/b24-13+. The number of benzene rings is 4. The molecule has 5 rings (SSSR count). The fourth-order valence-electron chi connectivity index (χ4n) is 3.64. The molecule has 180 valence electrons. The molecule has 1 aliphatic rings. The predicted octanol–water partition coefficient (Wildman–Crippen LogP) is 8.92. The first-order chi connectivity index (χ1) is 17.4. The lowest BCUT2D eigenvalue weighted by Gasteiger charge is -2.13. The molecule has 1 N–H and O–H groups in total. The minimum atomic E-state index is -0.267. The summed E-state index contributed by atoms with van der Waals surface area (Å²) in [6.07, 6.45) is 1.81. The van der Waals surface area contributed by atoms with Crippen LogP contribution in [0.1, 0.15) is 11.1 Å². The van der Waals surface area contributed by atoms with Gasteiger partial charge in [0.25, 0.3) is 5.91 Å². The Bertz CT molecular complexity index is 1570. The maximum absolute atomic E-state index is 12.8. The molecule has 36 heavy (non-hydrogen) atoms. The largest absolute Gasteiger partial charge is 0.488 e. The first-order valence-corrected chi connectivity index (χ1v) is 13.0. The first kappa shape index (κ1) is 25.0. The molecule has 4 aromatic carbocycles. The van der Waals surface area contributed by atoms with Crippen molar-refractivity contribution in [3.05, 3.63) is 109 Å². The van der Waals surface area contributed by atoms with E-state index in [4.69, 9.17) is 51.1 Å². The monoisotopic (exact) mass is 572 g/mol. The molecular weight excluding hydrogens is 558 g/mol. The van der Waals surface area contributed by atoms with E-state index < -0.39 is 0 Å². The van der Waals surface area contributed by atoms with Crippen molar-refractivity contribution in [3.8, 4) is 5.75 Å². The maximum atomic E-state index is 12.8. The number of nitrogens with zero attached hydrogens (tertiary/aromatic N) is 1. The molecule has 0 spiro atoms. The van der Waals surface area contributed by atoms with Crippen LogP contribution in [0.4, 0.5) is 5.69 Å². The van der Waals surface area contributed by atoms with Crippen molar-refractivity contribution in [2.24, 2.45) is 4.99 Å². The highest BCUT2D eigenvalue weighted by molar-refractivity contribution is 8.18. The Kier molecular flexibility index (Phi) is 7.47. The third-order valence-corrected chi connectivity index (χ3v) is 7.71. The van der Waals surface area contributed by atoms with Crippen molar-refractivity contribution in [3.63, 3.8) is 0 Å². The molecule has 0 aliphatic carbocycles. The van der Waals surface area contributed by atoms with E-state index in [1.807, 2.05) is 48.5 Å². The summed E-state index contributed by atoms with van der Waals surface area (Å²) in [5.41, 5.74) is 2.05. The van der Waals surface area contributed by atoms with Crippen molar-refractivity contribution in [2.75, 3.05) is 0 Å². The van der Waals surface area contributed by atoms with E-state index in [0.29, 0.717) is 41.6 Å². The molecule has 0 atom stereocenters. The Balaban J connectivity index is 1.50. The number of carbonyl (C=O) groups excluding carboxylic acids is 1. The minimum absolute atomic E-state index is 0.240. The van der Waals surface area contributed by atoms with Crippen molar-refractivity contribution in [1.29, 1.82) is 0 Å². The Morgan fingerprint density at radius 3 is 2.58 bits per heavy atom. The van der Waals surface area contributed by atoms with Crippen LogP contribution in [0.2, 0.25) is 20.1 Å². The first-order valence-electron chi connectivity index (χ1n) is 10.7. The normalized spacial score (nSPS) is 15.6. The molecule has 0 bridgehead atoms. The van der Waals surface area contributed by atoms with Crippen LogP contribution < -0.4 is 10.1 Å². The molecule has 9 heteroatoms. The van der Waals surface area contributed by atoms with Gasteiger partial charge in [0, 0.05) is 21.2 Å². The number of fused-ring (bicyclic) bond motifs is 1. The average molecular weight is 574 g/mol. The van der Waals surface area contributed by atoms with Crippen LogP contribution in [-0.2, 0) is 11.4 Å². The number of aliphatic imine (C=N–C) groups is 1. The second-order valence-electron chi connectivity index (χ2n) is 7.78. The lowest BCUT2D eigenvalue weighted by atomic mass is 10.0. The Morgan fingerprint density at radius 2 is 1.75 bits per heavy atom.